The van der Waals surface area contributed by atoms with Crippen molar-refractivity contribution in [1.29, 1.82) is 0 Å². The largest absolute Gasteiger partial charge is 0.447 e. The quantitative estimate of drug-likeness (QED) is 0.402. The summed E-state index contributed by atoms with van der Waals surface area (Å²) in [5.41, 5.74) is 0. The summed E-state index contributed by atoms with van der Waals surface area (Å²) in [7, 11) is 0. The maximum Gasteiger partial charge on any atom is 0.170 e. The Hall–Kier alpha value is -0.960. The van der Waals surface area contributed by atoms with Crippen LogP contribution in [0.4, 0.5) is 0 Å². The van der Waals surface area contributed by atoms with E-state index in [-0.39, 0.29) is 0 Å². The Balaban J connectivity index is 1.77. The molecule has 4 nitrogen and oxygen atoms in total. The van der Waals surface area contributed by atoms with Crippen molar-refractivity contribution in [3.8, 4) is 21.5 Å². The van der Waals surface area contributed by atoms with Crippen molar-refractivity contribution in [3.05, 3.63) is 33.6 Å². The lowest BCUT2D eigenvalue weighted by Gasteiger charge is -1.88. The van der Waals surface area contributed by atoms with Crippen molar-refractivity contribution < 1.29 is 8.83 Å². The standard InChI is InChI=1S/C12H4Br2N2O2S2/c13-7-3-1-5(17-7)9-15-11-12(19-9)16-10(20-11)6-2-4-8(14)18-6/h1-4H. The van der Waals surface area contributed by atoms with Gasteiger partial charge in [0.2, 0.25) is 0 Å². The summed E-state index contributed by atoms with van der Waals surface area (Å²) in [6.07, 6.45) is 0. The monoisotopic (exact) mass is 430 g/mol. The third-order valence-electron chi connectivity index (χ3n) is 2.54. The van der Waals surface area contributed by atoms with Crippen LogP contribution in [0.25, 0.3) is 31.2 Å². The Bertz CT molecular complexity index is 804. The van der Waals surface area contributed by atoms with Gasteiger partial charge in [0.25, 0.3) is 0 Å². The predicted octanol–water partition coefficient (Wildman–Crippen LogP) is 5.80. The van der Waals surface area contributed by atoms with Gasteiger partial charge in [-0.15, -0.1) is 0 Å². The summed E-state index contributed by atoms with van der Waals surface area (Å²) in [6.45, 7) is 0. The van der Waals surface area contributed by atoms with E-state index < -0.39 is 0 Å². The van der Waals surface area contributed by atoms with Crippen molar-refractivity contribution in [3.63, 3.8) is 0 Å². The molecule has 0 N–H and O–H groups in total. The smallest absolute Gasteiger partial charge is 0.170 e. The second kappa shape index (κ2) is 4.80. The van der Waals surface area contributed by atoms with Crippen molar-refractivity contribution in [2.75, 3.05) is 0 Å². The summed E-state index contributed by atoms with van der Waals surface area (Å²) >= 11 is 9.59. The Morgan fingerprint density at radius 3 is 1.55 bits per heavy atom. The molecule has 0 aromatic carbocycles. The van der Waals surface area contributed by atoms with Crippen LogP contribution < -0.4 is 0 Å². The lowest BCUT2D eigenvalue weighted by Crippen LogP contribution is -1.69. The fraction of sp³-hybridized carbons (Fsp3) is 0. The number of fused-ring (bicyclic) bond motifs is 1. The molecule has 0 amide bonds. The molecule has 0 unspecified atom stereocenters. The maximum absolute atomic E-state index is 5.50. The molecule has 0 radical (unpaired) electrons. The predicted molar refractivity (Wildman–Crippen MR) is 86.1 cm³/mol. The fourth-order valence-corrected chi connectivity index (χ4v) is 4.29. The first kappa shape index (κ1) is 12.8. The highest BCUT2D eigenvalue weighted by molar-refractivity contribution is 9.10. The van der Waals surface area contributed by atoms with Gasteiger partial charge in [0.1, 0.15) is 0 Å². The van der Waals surface area contributed by atoms with Crippen LogP contribution in [0.3, 0.4) is 0 Å². The second-order valence-corrected chi connectivity index (χ2v) is 7.37. The number of hydrogen-bond donors (Lipinski definition) is 0. The topological polar surface area (TPSA) is 52.1 Å². The summed E-state index contributed by atoms with van der Waals surface area (Å²) in [5, 5.41) is 1.66. The van der Waals surface area contributed by atoms with Gasteiger partial charge in [0.15, 0.2) is 40.5 Å². The van der Waals surface area contributed by atoms with E-state index in [9.17, 15) is 0 Å². The van der Waals surface area contributed by atoms with Crippen molar-refractivity contribution in [2.24, 2.45) is 0 Å². The molecule has 0 saturated heterocycles. The third-order valence-corrected chi connectivity index (χ3v) is 5.45. The van der Waals surface area contributed by atoms with Crippen molar-refractivity contribution in [1.82, 2.24) is 9.97 Å². The number of thiazole rings is 2. The van der Waals surface area contributed by atoms with Crippen LogP contribution in [0.5, 0.6) is 0 Å². The Kier molecular flexibility index (Phi) is 3.06. The molecule has 0 spiro atoms. The van der Waals surface area contributed by atoms with E-state index in [1.165, 1.54) is 22.7 Å². The number of aromatic nitrogens is 2. The number of furan rings is 2. The maximum atomic E-state index is 5.50. The van der Waals surface area contributed by atoms with Crippen LogP contribution in [0.1, 0.15) is 0 Å². The van der Waals surface area contributed by atoms with E-state index in [1.54, 1.807) is 0 Å². The minimum Gasteiger partial charge on any atom is -0.447 e. The van der Waals surface area contributed by atoms with E-state index in [0.717, 1.165) is 31.2 Å². The average molecular weight is 432 g/mol. The summed E-state index contributed by atoms with van der Waals surface area (Å²) in [6, 6.07) is 7.47. The molecule has 0 aliphatic heterocycles. The van der Waals surface area contributed by atoms with E-state index in [2.05, 4.69) is 41.8 Å². The molecular weight excluding hydrogens is 428 g/mol. The first-order valence-electron chi connectivity index (χ1n) is 5.48. The van der Waals surface area contributed by atoms with Crippen LogP contribution in [0.2, 0.25) is 0 Å². The second-order valence-electron chi connectivity index (χ2n) is 3.86. The highest BCUT2D eigenvalue weighted by Crippen LogP contribution is 2.38. The zero-order valence-corrected chi connectivity index (χ0v) is 14.4. The first-order chi connectivity index (χ1) is 9.69. The summed E-state index contributed by atoms with van der Waals surface area (Å²) in [5.74, 6) is 1.49. The molecule has 8 heteroatoms. The van der Waals surface area contributed by atoms with E-state index in [4.69, 9.17) is 8.83 Å². The molecule has 100 valence electrons. The third kappa shape index (κ3) is 2.16. The molecule has 0 bridgehead atoms. The van der Waals surface area contributed by atoms with Crippen LogP contribution in [-0.4, -0.2) is 9.97 Å². The molecule has 0 fully saturated rings. The zero-order valence-electron chi connectivity index (χ0n) is 9.59. The van der Waals surface area contributed by atoms with Gasteiger partial charge in [0.05, 0.1) is 0 Å². The van der Waals surface area contributed by atoms with Gasteiger partial charge in [-0.25, -0.2) is 9.97 Å². The molecule has 0 aliphatic carbocycles. The molecular formula is C12H4Br2N2O2S2. The molecule has 4 aromatic rings. The number of hydrogen-bond acceptors (Lipinski definition) is 6. The minimum atomic E-state index is 0.695. The lowest BCUT2D eigenvalue weighted by molar-refractivity contribution is 0.555. The molecule has 0 aliphatic rings. The minimum absolute atomic E-state index is 0.695. The van der Waals surface area contributed by atoms with Crippen molar-refractivity contribution >= 4 is 64.2 Å². The molecule has 4 rings (SSSR count). The van der Waals surface area contributed by atoms with E-state index in [0.29, 0.717) is 9.34 Å². The van der Waals surface area contributed by atoms with Gasteiger partial charge >= 0.3 is 0 Å². The van der Waals surface area contributed by atoms with Gasteiger partial charge in [-0.1, -0.05) is 22.7 Å². The van der Waals surface area contributed by atoms with Gasteiger partial charge in [-0.2, -0.15) is 0 Å². The summed E-state index contributed by atoms with van der Waals surface area (Å²) in [4.78, 5) is 10.9. The zero-order chi connectivity index (χ0) is 13.7. The normalized spacial score (nSPS) is 11.5. The van der Waals surface area contributed by atoms with Gasteiger partial charge in [-0.3, -0.25) is 0 Å². The molecule has 0 atom stereocenters. The molecule has 20 heavy (non-hydrogen) atoms. The average Bonchev–Trinajstić information content (AvgIpc) is 3.09. The van der Waals surface area contributed by atoms with Gasteiger partial charge in [-0.05, 0) is 56.1 Å². The Morgan fingerprint density at radius 1 is 0.750 bits per heavy atom. The van der Waals surface area contributed by atoms with E-state index in [1.807, 2.05) is 24.3 Å². The highest BCUT2D eigenvalue weighted by Gasteiger charge is 2.16. The van der Waals surface area contributed by atoms with Gasteiger partial charge < -0.3 is 8.83 Å². The molecule has 4 aromatic heterocycles. The van der Waals surface area contributed by atoms with Crippen LogP contribution in [-0.2, 0) is 0 Å². The Morgan fingerprint density at radius 2 is 1.20 bits per heavy atom. The number of rotatable bonds is 2. The van der Waals surface area contributed by atoms with E-state index >= 15 is 0 Å². The summed E-state index contributed by atoms with van der Waals surface area (Å²) < 4.78 is 12.4. The van der Waals surface area contributed by atoms with Crippen LogP contribution >= 0.6 is 54.5 Å². The number of halogens is 2. The number of nitrogens with zero attached hydrogens (tertiary/aromatic N) is 2. The highest BCUT2D eigenvalue weighted by atomic mass is 79.9. The van der Waals surface area contributed by atoms with Crippen molar-refractivity contribution in [2.45, 2.75) is 0 Å². The molecule has 0 saturated carbocycles. The lowest BCUT2D eigenvalue weighted by atomic mass is 10.5. The Labute approximate surface area is 137 Å². The first-order valence-corrected chi connectivity index (χ1v) is 8.70. The molecule has 4 heterocycles. The van der Waals surface area contributed by atoms with Crippen LogP contribution in [0, 0.1) is 0 Å². The van der Waals surface area contributed by atoms with Crippen LogP contribution in [0.15, 0.2) is 42.4 Å². The fourth-order valence-electron chi connectivity index (χ4n) is 1.71. The van der Waals surface area contributed by atoms with Gasteiger partial charge in [0, 0.05) is 0 Å². The SMILES string of the molecule is Brc1ccc(-c2nc3sc(-c4ccc(Br)o4)nc3s2)o1.